The molecule has 0 aliphatic carbocycles. The van der Waals surface area contributed by atoms with E-state index in [4.69, 9.17) is 9.47 Å². The van der Waals surface area contributed by atoms with E-state index < -0.39 is 24.0 Å². The van der Waals surface area contributed by atoms with Crippen LogP contribution in [0.25, 0.3) is 0 Å². The third-order valence-electron chi connectivity index (χ3n) is 2.63. The van der Waals surface area contributed by atoms with Crippen LogP contribution < -0.4 is 10.6 Å². The van der Waals surface area contributed by atoms with Crippen molar-refractivity contribution < 1.29 is 28.7 Å². The number of rotatable bonds is 8. The van der Waals surface area contributed by atoms with E-state index >= 15 is 0 Å². The monoisotopic (exact) mass is 340 g/mol. The van der Waals surface area contributed by atoms with Crippen LogP contribution in [0, 0.1) is 11.8 Å². The van der Waals surface area contributed by atoms with Crippen molar-refractivity contribution in [3.05, 3.63) is 0 Å². The maximum absolute atomic E-state index is 11.7. The molecule has 8 nitrogen and oxygen atoms in total. The Morgan fingerprint density at radius 2 is 1.12 bits per heavy atom. The number of ether oxygens (including phenoxy) is 2. The first-order valence-electron chi connectivity index (χ1n) is 7.64. The van der Waals surface area contributed by atoms with E-state index in [1.165, 1.54) is 13.8 Å². The molecule has 2 N–H and O–H groups in total. The van der Waals surface area contributed by atoms with Gasteiger partial charge in [0.2, 0.25) is 11.8 Å². The highest BCUT2D eigenvalue weighted by atomic mass is 16.5. The Morgan fingerprint density at radius 1 is 0.792 bits per heavy atom. The van der Waals surface area contributed by atoms with E-state index in [-0.39, 0.29) is 37.9 Å². The van der Waals surface area contributed by atoms with Crippen LogP contribution in [0.2, 0.25) is 0 Å². The van der Waals surface area contributed by atoms with Crippen molar-refractivity contribution in [2.75, 3.05) is 13.2 Å². The summed E-state index contributed by atoms with van der Waals surface area (Å²) in [7, 11) is 0. The van der Waals surface area contributed by atoms with E-state index in [2.05, 4.69) is 22.5 Å². The molecular weight excluding hydrogens is 316 g/mol. The average molecular weight is 340 g/mol. The lowest BCUT2D eigenvalue weighted by Gasteiger charge is -2.14. The van der Waals surface area contributed by atoms with Gasteiger partial charge >= 0.3 is 11.9 Å². The summed E-state index contributed by atoms with van der Waals surface area (Å²) in [5.41, 5.74) is 0. The van der Waals surface area contributed by atoms with Crippen LogP contribution in [0.4, 0.5) is 0 Å². The van der Waals surface area contributed by atoms with Gasteiger partial charge in [0.05, 0.1) is 13.2 Å². The van der Waals surface area contributed by atoms with Crippen molar-refractivity contribution in [2.24, 2.45) is 0 Å². The molecule has 0 aromatic heterocycles. The Morgan fingerprint density at radius 3 is 1.38 bits per heavy atom. The minimum absolute atomic E-state index is 0.0357. The van der Waals surface area contributed by atoms with Crippen molar-refractivity contribution in [1.82, 2.24) is 10.6 Å². The quantitative estimate of drug-likeness (QED) is 0.472. The second-order valence-electron chi connectivity index (χ2n) is 4.77. The lowest BCUT2D eigenvalue weighted by Crippen LogP contribution is -2.41. The van der Waals surface area contributed by atoms with Crippen molar-refractivity contribution in [3.63, 3.8) is 0 Å². The normalized spacial score (nSPS) is 12.0. The highest BCUT2D eigenvalue weighted by molar-refractivity contribution is 5.84. The SMILES string of the molecule is CCOC(=O)C(CC#CCC(NC(C)=O)C(=O)OCC)NC(C)=O. The number of hydrogen-bond acceptors (Lipinski definition) is 6. The standard InChI is InChI=1S/C16H24N2O6/c1-5-23-15(21)13(17-11(3)19)9-7-8-10-14(18-12(4)20)16(22)24-6-2/h13-14H,5-6,9-10H2,1-4H3,(H,17,19)(H,18,20). The fourth-order valence-electron chi connectivity index (χ4n) is 1.71. The summed E-state index contributed by atoms with van der Waals surface area (Å²) >= 11 is 0. The van der Waals surface area contributed by atoms with Crippen molar-refractivity contribution in [2.45, 2.75) is 52.6 Å². The first-order chi connectivity index (χ1) is 11.3. The summed E-state index contributed by atoms with van der Waals surface area (Å²) in [6, 6.07) is -1.76. The molecule has 0 rings (SSSR count). The summed E-state index contributed by atoms with van der Waals surface area (Å²) < 4.78 is 9.71. The van der Waals surface area contributed by atoms with Gasteiger partial charge in [-0.1, -0.05) is 0 Å². The van der Waals surface area contributed by atoms with Crippen molar-refractivity contribution in [3.8, 4) is 11.8 Å². The van der Waals surface area contributed by atoms with Gasteiger partial charge in [-0.2, -0.15) is 0 Å². The number of carbonyl (C=O) groups is 4. The molecule has 2 amide bonds. The average Bonchev–Trinajstić information content (AvgIpc) is 2.48. The Balaban J connectivity index is 4.77. The van der Waals surface area contributed by atoms with Crippen LogP contribution >= 0.6 is 0 Å². The van der Waals surface area contributed by atoms with Crippen LogP contribution in [0.15, 0.2) is 0 Å². The Hall–Kier alpha value is -2.56. The lowest BCUT2D eigenvalue weighted by molar-refractivity contribution is -0.147. The fraction of sp³-hybridized carbons (Fsp3) is 0.625. The van der Waals surface area contributed by atoms with E-state index in [9.17, 15) is 19.2 Å². The van der Waals surface area contributed by atoms with Gasteiger partial charge in [-0.25, -0.2) is 9.59 Å². The number of amides is 2. The van der Waals surface area contributed by atoms with E-state index in [0.717, 1.165) is 0 Å². The topological polar surface area (TPSA) is 111 Å². The molecular formula is C16H24N2O6. The first kappa shape index (κ1) is 21.4. The lowest BCUT2D eigenvalue weighted by atomic mass is 10.1. The number of carbonyl (C=O) groups excluding carboxylic acids is 4. The molecule has 0 bridgehead atoms. The summed E-state index contributed by atoms with van der Waals surface area (Å²) in [5.74, 6) is 3.50. The first-order valence-corrected chi connectivity index (χ1v) is 7.64. The highest BCUT2D eigenvalue weighted by Gasteiger charge is 2.21. The molecule has 0 fully saturated rings. The van der Waals surface area contributed by atoms with Gasteiger partial charge in [-0.05, 0) is 13.8 Å². The molecule has 0 aliphatic rings. The van der Waals surface area contributed by atoms with Gasteiger partial charge in [0.25, 0.3) is 0 Å². The van der Waals surface area contributed by atoms with Crippen LogP contribution in [0.1, 0.15) is 40.5 Å². The van der Waals surface area contributed by atoms with Crippen LogP contribution in [0.3, 0.4) is 0 Å². The van der Waals surface area contributed by atoms with E-state index in [1.807, 2.05) is 0 Å². The van der Waals surface area contributed by atoms with Crippen LogP contribution in [-0.2, 0) is 28.7 Å². The predicted octanol–water partition coefficient (Wildman–Crippen LogP) is -0.0944. The number of nitrogens with one attached hydrogen (secondary N) is 2. The number of hydrogen-bond donors (Lipinski definition) is 2. The third-order valence-corrected chi connectivity index (χ3v) is 2.63. The Bertz CT molecular complexity index is 476. The maximum Gasteiger partial charge on any atom is 0.329 e. The molecule has 0 saturated heterocycles. The van der Waals surface area contributed by atoms with Gasteiger partial charge in [0, 0.05) is 26.7 Å². The van der Waals surface area contributed by atoms with Gasteiger partial charge in [-0.3, -0.25) is 9.59 Å². The smallest absolute Gasteiger partial charge is 0.329 e. The molecule has 8 heteroatoms. The second kappa shape index (κ2) is 11.9. The van der Waals surface area contributed by atoms with Gasteiger partial charge in [0.1, 0.15) is 12.1 Å². The van der Waals surface area contributed by atoms with Crippen molar-refractivity contribution in [1.29, 1.82) is 0 Å². The molecule has 0 radical (unpaired) electrons. The molecule has 2 atom stereocenters. The fourth-order valence-corrected chi connectivity index (χ4v) is 1.71. The zero-order valence-corrected chi connectivity index (χ0v) is 14.4. The van der Waals surface area contributed by atoms with E-state index in [1.54, 1.807) is 13.8 Å². The maximum atomic E-state index is 11.7. The molecule has 2 unspecified atom stereocenters. The summed E-state index contributed by atoms with van der Waals surface area (Å²) in [6.45, 7) is 6.27. The predicted molar refractivity (Wildman–Crippen MR) is 85.5 cm³/mol. The molecule has 0 saturated carbocycles. The van der Waals surface area contributed by atoms with Gasteiger partial charge in [-0.15, -0.1) is 11.8 Å². The summed E-state index contributed by atoms with van der Waals surface area (Å²) in [5, 5.41) is 4.90. The molecule has 24 heavy (non-hydrogen) atoms. The Labute approximate surface area is 141 Å². The van der Waals surface area contributed by atoms with Gasteiger partial charge < -0.3 is 20.1 Å². The zero-order valence-electron chi connectivity index (χ0n) is 14.4. The second-order valence-corrected chi connectivity index (χ2v) is 4.77. The summed E-state index contributed by atoms with van der Waals surface area (Å²) in [6.07, 6.45) is 0.0715. The zero-order chi connectivity index (χ0) is 18.5. The Kier molecular flexibility index (Phi) is 10.7. The minimum atomic E-state index is -0.878. The third kappa shape index (κ3) is 9.46. The molecule has 0 heterocycles. The van der Waals surface area contributed by atoms with Gasteiger partial charge in [0.15, 0.2) is 0 Å². The molecule has 134 valence electrons. The van der Waals surface area contributed by atoms with Crippen molar-refractivity contribution >= 4 is 23.8 Å². The molecule has 0 spiro atoms. The largest absolute Gasteiger partial charge is 0.464 e. The van der Waals surface area contributed by atoms with Crippen LogP contribution in [0.5, 0.6) is 0 Å². The highest BCUT2D eigenvalue weighted by Crippen LogP contribution is 1.98. The summed E-state index contributed by atoms with van der Waals surface area (Å²) in [4.78, 5) is 45.6. The number of esters is 2. The molecule has 0 aromatic carbocycles. The molecule has 0 aliphatic heterocycles. The van der Waals surface area contributed by atoms with Crippen LogP contribution in [-0.4, -0.2) is 49.1 Å². The molecule has 0 aromatic rings. The minimum Gasteiger partial charge on any atom is -0.464 e. The van der Waals surface area contributed by atoms with E-state index in [0.29, 0.717) is 0 Å².